The third kappa shape index (κ3) is 2.61. The van der Waals surface area contributed by atoms with Crippen LogP contribution in [0.2, 0.25) is 0 Å². The van der Waals surface area contributed by atoms with Crippen LogP contribution >= 0.6 is 0 Å². The SMILES string of the molecule is c1ccc(-n2c3cccnc3c3nc4c5ccccc5n(-c5ccc6ncccc6n5)c4cc32)cc1. The van der Waals surface area contributed by atoms with Crippen LogP contribution in [-0.2, 0) is 0 Å². The van der Waals surface area contributed by atoms with E-state index in [1.54, 1.807) is 6.20 Å². The molecule has 0 radical (unpaired) electrons. The fraction of sp³-hybridized carbons (Fsp3) is 0. The van der Waals surface area contributed by atoms with Gasteiger partial charge in [0.05, 0.1) is 38.6 Å². The topological polar surface area (TPSA) is 61.4 Å². The molecule has 0 unspecified atom stereocenters. The van der Waals surface area contributed by atoms with Crippen molar-refractivity contribution in [3.05, 3.63) is 109 Å². The summed E-state index contributed by atoms with van der Waals surface area (Å²) < 4.78 is 4.44. The van der Waals surface area contributed by atoms with E-state index < -0.39 is 0 Å². The molecule has 8 aromatic rings. The number of rotatable bonds is 2. The first-order valence-corrected chi connectivity index (χ1v) is 11.8. The predicted octanol–water partition coefficient (Wildman–Crippen LogP) is 6.61. The molecule has 0 fully saturated rings. The van der Waals surface area contributed by atoms with Crippen molar-refractivity contribution in [3.8, 4) is 11.5 Å². The Bertz CT molecular complexity index is 2100. The van der Waals surface area contributed by atoms with Gasteiger partial charge in [-0.25, -0.2) is 9.97 Å². The number of aromatic nitrogens is 6. The van der Waals surface area contributed by atoms with Gasteiger partial charge in [-0.1, -0.05) is 36.4 Å². The monoisotopic (exact) mass is 462 g/mol. The Kier molecular flexibility index (Phi) is 3.85. The molecule has 0 saturated carbocycles. The Labute approximate surface area is 205 Å². The first-order chi connectivity index (χ1) is 17.9. The number of benzene rings is 2. The van der Waals surface area contributed by atoms with Gasteiger partial charge in [0.25, 0.3) is 0 Å². The van der Waals surface area contributed by atoms with Crippen LogP contribution < -0.4 is 0 Å². The molecule has 6 nitrogen and oxygen atoms in total. The second-order valence-corrected chi connectivity index (χ2v) is 8.83. The van der Waals surface area contributed by atoms with E-state index in [4.69, 9.17) is 15.0 Å². The van der Waals surface area contributed by atoms with Gasteiger partial charge in [0.15, 0.2) is 0 Å². The number of pyridine rings is 4. The van der Waals surface area contributed by atoms with E-state index in [-0.39, 0.29) is 0 Å². The first kappa shape index (κ1) is 19.2. The third-order valence-corrected chi connectivity index (χ3v) is 6.80. The van der Waals surface area contributed by atoms with Gasteiger partial charge < -0.3 is 4.57 Å². The molecule has 0 amide bonds. The van der Waals surface area contributed by atoms with Gasteiger partial charge >= 0.3 is 0 Å². The molecule has 6 heteroatoms. The molecule has 8 rings (SSSR count). The van der Waals surface area contributed by atoms with Crippen LogP contribution in [0.3, 0.4) is 0 Å². The summed E-state index contributed by atoms with van der Waals surface area (Å²) in [6.07, 6.45) is 3.63. The normalized spacial score (nSPS) is 11.9. The fourth-order valence-electron chi connectivity index (χ4n) is 5.27. The quantitative estimate of drug-likeness (QED) is 0.290. The summed E-state index contributed by atoms with van der Waals surface area (Å²) in [5.41, 5.74) is 9.62. The minimum Gasteiger partial charge on any atom is -0.306 e. The Hall–Kier alpha value is -5.10. The van der Waals surface area contributed by atoms with Crippen LogP contribution in [0, 0.1) is 0 Å². The highest BCUT2D eigenvalue weighted by Gasteiger charge is 2.20. The summed E-state index contributed by atoms with van der Waals surface area (Å²) in [4.78, 5) is 19.4. The summed E-state index contributed by atoms with van der Waals surface area (Å²) in [6.45, 7) is 0. The standard InChI is InChI=1S/C30H18N6/c1-2-8-19(9-3-1)35-24-13-7-17-32-29(24)30-26(35)18-25-28(34-30)20-10-4-5-12-23(20)36(25)27-15-14-21-22(33-27)11-6-16-31-21/h1-18H. The van der Waals surface area contributed by atoms with Crippen molar-refractivity contribution in [1.29, 1.82) is 0 Å². The minimum absolute atomic E-state index is 0.836. The second kappa shape index (κ2) is 7.20. The fourth-order valence-corrected chi connectivity index (χ4v) is 5.27. The Morgan fingerprint density at radius 3 is 2.19 bits per heavy atom. The van der Waals surface area contributed by atoms with Crippen LogP contribution in [-0.4, -0.2) is 29.1 Å². The van der Waals surface area contributed by atoms with Crippen LogP contribution in [0.15, 0.2) is 109 Å². The maximum Gasteiger partial charge on any atom is 0.138 e. The van der Waals surface area contributed by atoms with Crippen molar-refractivity contribution in [1.82, 2.24) is 29.1 Å². The summed E-state index contributed by atoms with van der Waals surface area (Å²) in [5.74, 6) is 0.836. The lowest BCUT2D eigenvalue weighted by atomic mass is 10.2. The lowest BCUT2D eigenvalue weighted by Crippen LogP contribution is -1.99. The zero-order valence-corrected chi connectivity index (χ0v) is 19.1. The molecule has 2 aromatic carbocycles. The molecule has 0 aliphatic carbocycles. The van der Waals surface area contributed by atoms with Crippen molar-refractivity contribution < 1.29 is 0 Å². The number of fused-ring (bicyclic) bond motifs is 7. The molecular weight excluding hydrogens is 444 g/mol. The smallest absolute Gasteiger partial charge is 0.138 e. The molecule has 36 heavy (non-hydrogen) atoms. The van der Waals surface area contributed by atoms with E-state index in [2.05, 4.69) is 74.8 Å². The molecule has 168 valence electrons. The molecule has 0 N–H and O–H groups in total. The molecule has 0 bridgehead atoms. The van der Waals surface area contributed by atoms with Crippen molar-refractivity contribution >= 4 is 55.0 Å². The van der Waals surface area contributed by atoms with E-state index in [1.165, 1.54) is 0 Å². The molecule has 0 aliphatic rings. The lowest BCUT2D eigenvalue weighted by molar-refractivity contribution is 1.09. The third-order valence-electron chi connectivity index (χ3n) is 6.80. The first-order valence-electron chi connectivity index (χ1n) is 11.8. The van der Waals surface area contributed by atoms with Crippen LogP contribution in [0.25, 0.3) is 66.5 Å². The van der Waals surface area contributed by atoms with Crippen molar-refractivity contribution in [2.24, 2.45) is 0 Å². The number of nitrogens with zero attached hydrogens (tertiary/aromatic N) is 6. The van der Waals surface area contributed by atoms with Gasteiger partial charge in [-0.2, -0.15) is 0 Å². The largest absolute Gasteiger partial charge is 0.306 e. The predicted molar refractivity (Wildman–Crippen MR) is 144 cm³/mol. The van der Waals surface area contributed by atoms with E-state index in [0.717, 1.165) is 66.5 Å². The Balaban J connectivity index is 1.55. The maximum atomic E-state index is 5.24. The highest BCUT2D eigenvalue weighted by atomic mass is 15.1. The Morgan fingerprint density at radius 1 is 0.472 bits per heavy atom. The maximum absolute atomic E-state index is 5.24. The van der Waals surface area contributed by atoms with Gasteiger partial charge in [-0.3, -0.25) is 14.5 Å². The molecule has 0 spiro atoms. The molecule has 6 heterocycles. The lowest BCUT2D eigenvalue weighted by Gasteiger charge is -2.09. The highest BCUT2D eigenvalue weighted by molar-refractivity contribution is 6.14. The number of hydrogen-bond acceptors (Lipinski definition) is 4. The molecule has 0 atom stereocenters. The van der Waals surface area contributed by atoms with Gasteiger partial charge in [0.1, 0.15) is 16.9 Å². The van der Waals surface area contributed by atoms with E-state index in [9.17, 15) is 0 Å². The Morgan fingerprint density at radius 2 is 1.25 bits per heavy atom. The summed E-state index contributed by atoms with van der Waals surface area (Å²) in [6, 6.07) is 33.0. The summed E-state index contributed by atoms with van der Waals surface area (Å²) in [7, 11) is 0. The van der Waals surface area contributed by atoms with Gasteiger partial charge in [0, 0.05) is 23.5 Å². The van der Waals surface area contributed by atoms with E-state index in [1.807, 2.05) is 42.6 Å². The molecule has 0 aliphatic heterocycles. The zero-order chi connectivity index (χ0) is 23.6. The average Bonchev–Trinajstić information content (AvgIpc) is 3.44. The van der Waals surface area contributed by atoms with Gasteiger partial charge in [-0.05, 0) is 60.7 Å². The van der Waals surface area contributed by atoms with Crippen molar-refractivity contribution in [2.45, 2.75) is 0 Å². The van der Waals surface area contributed by atoms with Crippen LogP contribution in [0.1, 0.15) is 0 Å². The van der Waals surface area contributed by atoms with Gasteiger partial charge in [-0.15, -0.1) is 0 Å². The number of hydrogen-bond donors (Lipinski definition) is 0. The molecular formula is C30H18N6. The summed E-state index contributed by atoms with van der Waals surface area (Å²) in [5, 5.41) is 1.08. The van der Waals surface area contributed by atoms with E-state index in [0.29, 0.717) is 0 Å². The highest BCUT2D eigenvalue weighted by Crippen LogP contribution is 2.36. The van der Waals surface area contributed by atoms with Crippen LogP contribution in [0.5, 0.6) is 0 Å². The zero-order valence-electron chi connectivity index (χ0n) is 19.1. The van der Waals surface area contributed by atoms with Crippen molar-refractivity contribution in [3.63, 3.8) is 0 Å². The molecule has 0 saturated heterocycles. The average molecular weight is 463 g/mol. The van der Waals surface area contributed by atoms with E-state index >= 15 is 0 Å². The van der Waals surface area contributed by atoms with Crippen molar-refractivity contribution in [2.75, 3.05) is 0 Å². The number of para-hydroxylation sites is 2. The van der Waals surface area contributed by atoms with Gasteiger partial charge in [0.2, 0.25) is 0 Å². The van der Waals surface area contributed by atoms with Crippen LogP contribution in [0.4, 0.5) is 0 Å². The molecule has 6 aromatic heterocycles. The second-order valence-electron chi connectivity index (χ2n) is 8.83. The summed E-state index contributed by atoms with van der Waals surface area (Å²) >= 11 is 0. The minimum atomic E-state index is 0.836.